The fourth-order valence-corrected chi connectivity index (χ4v) is 2.08. The van der Waals surface area contributed by atoms with E-state index in [9.17, 15) is 13.2 Å². The lowest BCUT2D eigenvalue weighted by molar-refractivity contribution is 0.121. The Bertz CT molecular complexity index is 483. The van der Waals surface area contributed by atoms with Crippen molar-refractivity contribution in [2.24, 2.45) is 0 Å². The van der Waals surface area contributed by atoms with E-state index in [-0.39, 0.29) is 0 Å². The summed E-state index contributed by atoms with van der Waals surface area (Å²) in [6, 6.07) is -0.593. The van der Waals surface area contributed by atoms with Crippen LogP contribution in [-0.4, -0.2) is 30.6 Å². The fraction of sp³-hybridized carbons (Fsp3) is 0.556. The van der Waals surface area contributed by atoms with Gasteiger partial charge in [0.2, 0.25) is 0 Å². The van der Waals surface area contributed by atoms with E-state index in [0.717, 1.165) is 0 Å². The number of rotatable bonds is 5. The van der Waals surface area contributed by atoms with Crippen molar-refractivity contribution in [3.05, 3.63) is 18.2 Å². The number of H-pyrrole nitrogens is 1. The first-order chi connectivity index (χ1) is 8.30. The third-order valence-corrected chi connectivity index (χ3v) is 2.92. The quantitative estimate of drug-likeness (QED) is 0.722. The fourth-order valence-electron chi connectivity index (χ4n) is 1.18. The molecule has 1 aromatic rings. The van der Waals surface area contributed by atoms with Gasteiger partial charge in [0, 0.05) is 12.4 Å². The van der Waals surface area contributed by atoms with E-state index in [4.69, 9.17) is 0 Å². The highest BCUT2D eigenvalue weighted by atomic mass is 32.2. The summed E-state index contributed by atoms with van der Waals surface area (Å²) < 4.78 is 31.8. The molecule has 0 aromatic carbocycles. The Labute approximate surface area is 105 Å². The van der Waals surface area contributed by atoms with Crippen LogP contribution in [0.25, 0.3) is 0 Å². The Balaban J connectivity index is 2.57. The molecule has 1 amide bonds. The van der Waals surface area contributed by atoms with E-state index in [1.807, 2.05) is 0 Å². The number of hydrogen-bond donors (Lipinski definition) is 3. The van der Waals surface area contributed by atoms with Gasteiger partial charge in [0.05, 0.1) is 12.1 Å². The Morgan fingerprint density at radius 2 is 2.11 bits per heavy atom. The third-order valence-electron chi connectivity index (χ3n) is 1.82. The standard InChI is InChI=1S/C9H16N4O4S/c1-6(2)17-9(14)13-18(15,16)12-7(3)8-10-4-5-11-8/h4-7,12H,1-3H3,(H,10,11)(H,13,14). The number of nitrogens with zero attached hydrogens (tertiary/aromatic N) is 1. The molecule has 0 fully saturated rings. The van der Waals surface area contributed by atoms with E-state index in [2.05, 4.69) is 19.4 Å². The molecule has 3 N–H and O–H groups in total. The second-order valence-corrected chi connectivity index (χ2v) is 5.32. The van der Waals surface area contributed by atoms with Gasteiger partial charge in [-0.05, 0) is 20.8 Å². The largest absolute Gasteiger partial charge is 0.446 e. The van der Waals surface area contributed by atoms with E-state index < -0.39 is 28.4 Å². The molecule has 1 heterocycles. The number of carbonyl (C=O) groups excluding carboxylic acids is 1. The zero-order chi connectivity index (χ0) is 13.8. The Hall–Kier alpha value is -1.61. The Morgan fingerprint density at radius 3 is 2.61 bits per heavy atom. The topological polar surface area (TPSA) is 113 Å². The maximum Gasteiger partial charge on any atom is 0.422 e. The minimum absolute atomic E-state index is 0.400. The van der Waals surface area contributed by atoms with Crippen LogP contribution in [0.1, 0.15) is 32.6 Å². The predicted octanol–water partition coefficient (Wildman–Crippen LogP) is 0.440. The van der Waals surface area contributed by atoms with Gasteiger partial charge in [-0.3, -0.25) is 0 Å². The zero-order valence-electron chi connectivity index (χ0n) is 10.3. The summed E-state index contributed by atoms with van der Waals surface area (Å²) in [5, 5.41) is 0. The van der Waals surface area contributed by atoms with Crippen LogP contribution in [-0.2, 0) is 14.9 Å². The molecule has 0 bridgehead atoms. The number of aromatic amines is 1. The number of hydrogen-bond acceptors (Lipinski definition) is 5. The van der Waals surface area contributed by atoms with E-state index in [1.165, 1.54) is 6.20 Å². The number of imidazole rings is 1. The zero-order valence-corrected chi connectivity index (χ0v) is 11.1. The number of ether oxygens (including phenoxy) is 1. The van der Waals surface area contributed by atoms with Crippen LogP contribution >= 0.6 is 0 Å². The van der Waals surface area contributed by atoms with Crippen LogP contribution in [0.3, 0.4) is 0 Å². The molecule has 18 heavy (non-hydrogen) atoms. The summed E-state index contributed by atoms with van der Waals surface area (Å²) in [5.41, 5.74) is 0. The highest BCUT2D eigenvalue weighted by Crippen LogP contribution is 2.06. The predicted molar refractivity (Wildman–Crippen MR) is 63.8 cm³/mol. The monoisotopic (exact) mass is 276 g/mol. The van der Waals surface area contributed by atoms with Crippen molar-refractivity contribution in [1.29, 1.82) is 0 Å². The summed E-state index contributed by atoms with van der Waals surface area (Å²) in [6.07, 6.45) is 1.65. The van der Waals surface area contributed by atoms with Crippen LogP contribution in [0.2, 0.25) is 0 Å². The van der Waals surface area contributed by atoms with Crippen molar-refractivity contribution >= 4 is 16.3 Å². The lowest BCUT2D eigenvalue weighted by Gasteiger charge is -2.13. The van der Waals surface area contributed by atoms with Crippen LogP contribution < -0.4 is 9.44 Å². The summed E-state index contributed by atoms with van der Waals surface area (Å²) in [5.74, 6) is 0.442. The molecule has 1 aromatic heterocycles. The summed E-state index contributed by atoms with van der Waals surface area (Å²) in [6.45, 7) is 4.82. The van der Waals surface area contributed by atoms with E-state index >= 15 is 0 Å². The molecule has 8 nitrogen and oxygen atoms in total. The van der Waals surface area contributed by atoms with Gasteiger partial charge in [-0.15, -0.1) is 0 Å². The van der Waals surface area contributed by atoms with Gasteiger partial charge in [0.15, 0.2) is 0 Å². The van der Waals surface area contributed by atoms with Crippen molar-refractivity contribution in [3.63, 3.8) is 0 Å². The molecule has 0 saturated heterocycles. The molecular weight excluding hydrogens is 260 g/mol. The molecular formula is C9H16N4O4S. The SMILES string of the molecule is CC(C)OC(=O)NS(=O)(=O)NC(C)c1ncc[nH]1. The van der Waals surface area contributed by atoms with Crippen LogP contribution in [0.15, 0.2) is 12.4 Å². The van der Waals surface area contributed by atoms with Crippen molar-refractivity contribution < 1.29 is 17.9 Å². The molecule has 0 aliphatic rings. The maximum absolute atomic E-state index is 11.6. The number of aromatic nitrogens is 2. The molecule has 0 radical (unpaired) electrons. The first-order valence-corrected chi connectivity index (χ1v) is 6.78. The van der Waals surface area contributed by atoms with Gasteiger partial charge in [0.25, 0.3) is 0 Å². The Kier molecular flexibility index (Phi) is 4.68. The van der Waals surface area contributed by atoms with Crippen LogP contribution in [0.4, 0.5) is 4.79 Å². The van der Waals surface area contributed by atoms with Crippen molar-refractivity contribution in [1.82, 2.24) is 19.4 Å². The number of amides is 1. The molecule has 0 spiro atoms. The van der Waals surface area contributed by atoms with Gasteiger partial charge >= 0.3 is 16.3 Å². The van der Waals surface area contributed by atoms with Gasteiger partial charge < -0.3 is 9.72 Å². The smallest absolute Gasteiger partial charge is 0.422 e. The highest BCUT2D eigenvalue weighted by molar-refractivity contribution is 7.88. The third kappa shape index (κ3) is 4.72. The number of carbonyl (C=O) groups is 1. The average Bonchev–Trinajstić information content (AvgIpc) is 2.65. The molecule has 1 atom stereocenters. The first-order valence-electron chi connectivity index (χ1n) is 5.30. The lowest BCUT2D eigenvalue weighted by Crippen LogP contribution is -2.42. The molecule has 0 aliphatic heterocycles. The normalized spacial score (nSPS) is 13.3. The highest BCUT2D eigenvalue weighted by Gasteiger charge is 2.20. The second-order valence-electron chi connectivity index (χ2n) is 3.87. The maximum atomic E-state index is 11.6. The number of nitrogens with one attached hydrogen (secondary N) is 3. The summed E-state index contributed by atoms with van der Waals surface area (Å²) in [7, 11) is -3.99. The molecule has 0 aliphatic carbocycles. The van der Waals surface area contributed by atoms with Gasteiger partial charge in [-0.2, -0.15) is 13.1 Å². The van der Waals surface area contributed by atoms with Crippen molar-refractivity contribution in [2.75, 3.05) is 0 Å². The second kappa shape index (κ2) is 5.83. The summed E-state index contributed by atoms with van der Waals surface area (Å²) >= 11 is 0. The van der Waals surface area contributed by atoms with Gasteiger partial charge in [0.1, 0.15) is 5.82 Å². The van der Waals surface area contributed by atoms with Crippen molar-refractivity contribution in [2.45, 2.75) is 32.9 Å². The van der Waals surface area contributed by atoms with E-state index in [0.29, 0.717) is 5.82 Å². The average molecular weight is 276 g/mol. The summed E-state index contributed by atoms with van der Waals surface area (Å²) in [4.78, 5) is 17.8. The lowest BCUT2D eigenvalue weighted by atomic mass is 10.3. The molecule has 9 heteroatoms. The van der Waals surface area contributed by atoms with Gasteiger partial charge in [-0.1, -0.05) is 0 Å². The van der Waals surface area contributed by atoms with Crippen LogP contribution in [0.5, 0.6) is 0 Å². The molecule has 0 saturated carbocycles. The molecule has 1 rings (SSSR count). The van der Waals surface area contributed by atoms with Gasteiger partial charge in [-0.25, -0.2) is 14.5 Å². The Morgan fingerprint density at radius 1 is 1.44 bits per heavy atom. The molecule has 1 unspecified atom stereocenters. The van der Waals surface area contributed by atoms with Crippen LogP contribution in [0, 0.1) is 0 Å². The molecule has 102 valence electrons. The minimum Gasteiger partial charge on any atom is -0.446 e. The van der Waals surface area contributed by atoms with Crippen molar-refractivity contribution in [3.8, 4) is 0 Å². The first kappa shape index (κ1) is 14.5. The minimum atomic E-state index is -3.99. The van der Waals surface area contributed by atoms with E-state index in [1.54, 1.807) is 31.7 Å².